The van der Waals surface area contributed by atoms with Gasteiger partial charge in [0.2, 0.25) is 0 Å². The van der Waals surface area contributed by atoms with E-state index in [4.69, 9.17) is 11.6 Å². The van der Waals surface area contributed by atoms with E-state index in [1.165, 1.54) is 17.4 Å². The maximum Gasteiger partial charge on any atom is 0.345 e. The first-order valence-corrected chi connectivity index (χ1v) is 11.6. The molecule has 1 atom stereocenters. The minimum atomic E-state index is -0.965. The number of benzene rings is 2. The quantitative estimate of drug-likeness (QED) is 0.164. The maximum absolute atomic E-state index is 15.0. The van der Waals surface area contributed by atoms with Gasteiger partial charge in [0.1, 0.15) is 10.7 Å². The topological polar surface area (TPSA) is 82.8 Å². The van der Waals surface area contributed by atoms with Crippen LogP contribution in [0.15, 0.2) is 78.1 Å². The van der Waals surface area contributed by atoms with Crippen LogP contribution in [0.4, 0.5) is 4.39 Å². The van der Waals surface area contributed by atoms with E-state index in [2.05, 4.69) is 10.1 Å². The number of rotatable bonds is 7. The average molecular weight is 495 g/mol. The number of carboxylic acids is 1. The van der Waals surface area contributed by atoms with Crippen molar-refractivity contribution < 1.29 is 19.5 Å². The van der Waals surface area contributed by atoms with Crippen LogP contribution >= 0.6 is 22.9 Å². The molecule has 5 nitrogen and oxygen atoms in total. The molecule has 2 aromatic carbocycles. The van der Waals surface area contributed by atoms with Gasteiger partial charge in [-0.15, -0.1) is 11.3 Å². The predicted molar refractivity (Wildman–Crippen MR) is 132 cm³/mol. The van der Waals surface area contributed by atoms with Crippen LogP contribution in [0.25, 0.3) is 10.4 Å². The molecule has 4 rings (SSSR count). The van der Waals surface area contributed by atoms with Crippen molar-refractivity contribution in [1.29, 1.82) is 0 Å². The molecular formula is C26H20ClFN2O3S. The lowest BCUT2D eigenvalue weighted by atomic mass is 9.85. The molecule has 4 aromatic rings. The van der Waals surface area contributed by atoms with Gasteiger partial charge < -0.3 is 10.3 Å². The number of pyridine rings is 1. The van der Waals surface area contributed by atoms with Crippen LogP contribution in [0.2, 0.25) is 5.02 Å². The molecule has 8 heteroatoms. The molecule has 0 aliphatic carbocycles. The first kappa shape index (κ1) is 23.6. The number of oxime groups is 1. The Morgan fingerprint density at radius 1 is 1.12 bits per heavy atom. The lowest BCUT2D eigenvalue weighted by molar-refractivity contribution is 0.0702. The summed E-state index contributed by atoms with van der Waals surface area (Å²) >= 11 is 7.16. The molecule has 0 fully saturated rings. The summed E-state index contributed by atoms with van der Waals surface area (Å²) < 4.78 is 15.0. The molecule has 0 saturated heterocycles. The summed E-state index contributed by atoms with van der Waals surface area (Å²) in [5.74, 6) is -1.87. The fraction of sp³-hybridized carbons (Fsp3) is 0.115. The summed E-state index contributed by atoms with van der Waals surface area (Å²) in [6.45, 7) is 1.84. The van der Waals surface area contributed by atoms with Crippen molar-refractivity contribution in [1.82, 2.24) is 4.98 Å². The molecule has 1 unspecified atom stereocenters. The highest BCUT2D eigenvalue weighted by Gasteiger charge is 2.22. The zero-order valence-electron chi connectivity index (χ0n) is 18.1. The molecular weight excluding hydrogens is 475 g/mol. The smallest absolute Gasteiger partial charge is 0.345 e. The van der Waals surface area contributed by atoms with Crippen molar-refractivity contribution in [2.75, 3.05) is 0 Å². The largest absolute Gasteiger partial charge is 0.477 e. The summed E-state index contributed by atoms with van der Waals surface area (Å²) in [6, 6.07) is 18.9. The van der Waals surface area contributed by atoms with E-state index in [-0.39, 0.29) is 11.3 Å². The van der Waals surface area contributed by atoms with E-state index in [1.54, 1.807) is 36.5 Å². The van der Waals surface area contributed by atoms with Crippen LogP contribution in [0, 0.1) is 12.7 Å². The van der Waals surface area contributed by atoms with Gasteiger partial charge in [0.15, 0.2) is 0 Å². The van der Waals surface area contributed by atoms with Crippen molar-refractivity contribution in [3.8, 4) is 10.4 Å². The fourth-order valence-corrected chi connectivity index (χ4v) is 4.82. The summed E-state index contributed by atoms with van der Waals surface area (Å²) in [4.78, 5) is 16.5. The highest BCUT2D eigenvalue weighted by Crippen LogP contribution is 2.35. The van der Waals surface area contributed by atoms with Crippen LogP contribution in [-0.2, 0) is 0 Å². The Morgan fingerprint density at radius 2 is 1.88 bits per heavy atom. The molecule has 34 heavy (non-hydrogen) atoms. The van der Waals surface area contributed by atoms with Gasteiger partial charge in [-0.2, -0.15) is 0 Å². The Morgan fingerprint density at radius 3 is 2.50 bits per heavy atom. The van der Waals surface area contributed by atoms with Crippen LogP contribution in [-0.4, -0.2) is 27.0 Å². The van der Waals surface area contributed by atoms with Gasteiger partial charge in [-0.25, -0.2) is 9.18 Å². The third-order valence-electron chi connectivity index (χ3n) is 5.50. The van der Waals surface area contributed by atoms with Crippen LogP contribution < -0.4 is 0 Å². The molecule has 0 aliphatic rings. The molecule has 172 valence electrons. The monoisotopic (exact) mass is 494 g/mol. The average Bonchev–Trinajstić information content (AvgIpc) is 3.32. The number of hydrogen-bond donors (Lipinski definition) is 2. The molecule has 0 aliphatic heterocycles. The standard InChI is InChI=1S/C26H20ClFN2O3S/c1-15-12-18(10-11-29-15)23(30-33)14-21(20-7-6-19(27)13-22(20)28)16-2-4-17(5-3-16)24-8-9-25(34-24)26(31)32/h2-13,21,33H,14H2,1H3,(H,31,32)/b30-23-. The van der Waals surface area contributed by atoms with E-state index < -0.39 is 17.7 Å². The SMILES string of the molecule is Cc1cc(/C(CC(c2ccc(-c3ccc(C(=O)O)s3)cc2)c2ccc(Cl)cc2F)=N\O)ccn1. The predicted octanol–water partition coefficient (Wildman–Crippen LogP) is 7.01. The van der Waals surface area contributed by atoms with E-state index >= 15 is 0 Å². The summed E-state index contributed by atoms with van der Waals surface area (Å²) in [5, 5.41) is 22.8. The van der Waals surface area contributed by atoms with Gasteiger partial charge in [0, 0.05) is 39.7 Å². The summed E-state index contributed by atoms with van der Waals surface area (Å²) in [6.07, 6.45) is 1.87. The molecule has 0 saturated carbocycles. The Balaban J connectivity index is 1.72. The highest BCUT2D eigenvalue weighted by molar-refractivity contribution is 7.17. The Hall–Kier alpha value is -3.55. The van der Waals surface area contributed by atoms with Crippen molar-refractivity contribution >= 4 is 34.6 Å². The van der Waals surface area contributed by atoms with E-state index in [0.29, 0.717) is 21.9 Å². The highest BCUT2D eigenvalue weighted by atomic mass is 35.5. The second-order valence-corrected chi connectivity index (χ2v) is 9.27. The van der Waals surface area contributed by atoms with Crippen LogP contribution in [0.3, 0.4) is 0 Å². The molecule has 2 aromatic heterocycles. The lowest BCUT2D eigenvalue weighted by Crippen LogP contribution is -2.12. The van der Waals surface area contributed by atoms with Gasteiger partial charge in [-0.05, 0) is 60.0 Å². The normalized spacial score (nSPS) is 12.5. The third-order valence-corrected chi connectivity index (χ3v) is 6.86. The minimum absolute atomic E-state index is 0.236. The number of hydrogen-bond acceptors (Lipinski definition) is 5. The number of aromatic carboxylic acids is 1. The second-order valence-electron chi connectivity index (χ2n) is 7.75. The summed E-state index contributed by atoms with van der Waals surface area (Å²) in [5.41, 5.74) is 3.97. The zero-order chi connectivity index (χ0) is 24.2. The van der Waals surface area contributed by atoms with Gasteiger partial charge >= 0.3 is 5.97 Å². The van der Waals surface area contributed by atoms with Gasteiger partial charge in [-0.1, -0.05) is 47.1 Å². The number of carboxylic acid groups (broad SMARTS) is 1. The molecule has 0 radical (unpaired) electrons. The first-order chi connectivity index (χ1) is 16.4. The van der Waals surface area contributed by atoms with Crippen LogP contribution in [0.5, 0.6) is 0 Å². The number of nitrogens with zero attached hydrogens (tertiary/aromatic N) is 2. The van der Waals surface area contributed by atoms with Gasteiger partial charge in [0.05, 0.1) is 5.71 Å². The molecule has 2 heterocycles. The maximum atomic E-state index is 15.0. The Bertz CT molecular complexity index is 1370. The number of thiophene rings is 1. The number of aryl methyl sites for hydroxylation is 1. The van der Waals surface area contributed by atoms with Crippen molar-refractivity contribution in [3.63, 3.8) is 0 Å². The lowest BCUT2D eigenvalue weighted by Gasteiger charge is -2.20. The zero-order valence-corrected chi connectivity index (χ0v) is 19.6. The molecule has 0 bridgehead atoms. The first-order valence-electron chi connectivity index (χ1n) is 10.4. The Kier molecular flexibility index (Phi) is 7.05. The number of halogens is 2. The molecule has 2 N–H and O–H groups in total. The third kappa shape index (κ3) is 5.16. The molecule has 0 amide bonds. The van der Waals surface area contributed by atoms with E-state index in [0.717, 1.165) is 21.7 Å². The van der Waals surface area contributed by atoms with Crippen molar-refractivity contribution in [2.24, 2.45) is 5.16 Å². The molecule has 0 spiro atoms. The van der Waals surface area contributed by atoms with Crippen molar-refractivity contribution in [3.05, 3.63) is 111 Å². The van der Waals surface area contributed by atoms with E-state index in [9.17, 15) is 19.5 Å². The second kappa shape index (κ2) is 10.2. The summed E-state index contributed by atoms with van der Waals surface area (Å²) in [7, 11) is 0. The number of carbonyl (C=O) groups is 1. The van der Waals surface area contributed by atoms with Gasteiger partial charge in [-0.3, -0.25) is 4.98 Å². The van der Waals surface area contributed by atoms with Crippen LogP contribution in [0.1, 0.15) is 44.4 Å². The van der Waals surface area contributed by atoms with Crippen molar-refractivity contribution in [2.45, 2.75) is 19.3 Å². The number of aromatic nitrogens is 1. The van der Waals surface area contributed by atoms with E-state index in [1.807, 2.05) is 37.3 Å². The minimum Gasteiger partial charge on any atom is -0.477 e. The fourth-order valence-electron chi connectivity index (χ4n) is 3.81. The Labute approximate surface area is 204 Å². The van der Waals surface area contributed by atoms with Gasteiger partial charge in [0.25, 0.3) is 0 Å².